The van der Waals surface area contributed by atoms with Crippen LogP contribution in [-0.2, 0) is 9.59 Å². The van der Waals surface area contributed by atoms with Crippen molar-refractivity contribution in [2.75, 3.05) is 19.5 Å². The summed E-state index contributed by atoms with van der Waals surface area (Å²) in [5, 5.41) is 16.8. The predicted molar refractivity (Wildman–Crippen MR) is 116 cm³/mol. The van der Waals surface area contributed by atoms with Crippen LogP contribution in [-0.4, -0.2) is 63.0 Å². The van der Waals surface area contributed by atoms with Crippen molar-refractivity contribution < 1.29 is 28.7 Å². The summed E-state index contributed by atoms with van der Waals surface area (Å²) in [6.07, 6.45) is 0. The summed E-state index contributed by atoms with van der Waals surface area (Å²) >= 11 is 1.47. The van der Waals surface area contributed by atoms with Gasteiger partial charge < -0.3 is 29.3 Å². The molecule has 0 unspecified atom stereocenters. The van der Waals surface area contributed by atoms with Crippen molar-refractivity contribution in [3.05, 3.63) is 23.9 Å². The zero-order valence-electron chi connectivity index (χ0n) is 18.2. The van der Waals surface area contributed by atoms with Gasteiger partial charge in [-0.05, 0) is 39.8 Å². The summed E-state index contributed by atoms with van der Waals surface area (Å²) in [7, 11) is 3.10. The summed E-state index contributed by atoms with van der Waals surface area (Å²) < 4.78 is 16.0. The predicted octanol–water partition coefficient (Wildman–Crippen LogP) is 2.98. The average molecular weight is 448 g/mol. The molecule has 1 amide bonds. The SMILES string of the molecule is COc1cccc(OC)c1-c1onc(C)c1N[C@@]1(C)C(=O)N2[C@@H](C(=O)O)C(C)(C)S[C@@H]21. The Balaban J connectivity index is 1.75. The first-order valence-electron chi connectivity index (χ1n) is 9.76. The lowest BCUT2D eigenvalue weighted by molar-refractivity contribution is -0.163. The van der Waals surface area contributed by atoms with E-state index in [4.69, 9.17) is 14.0 Å². The number of nitrogens with one attached hydrogen (secondary N) is 1. The van der Waals surface area contributed by atoms with Crippen LogP contribution in [0.5, 0.6) is 11.5 Å². The Morgan fingerprint density at radius 1 is 1.26 bits per heavy atom. The zero-order valence-corrected chi connectivity index (χ0v) is 19.0. The molecule has 2 aliphatic rings. The number of hydrogen-bond acceptors (Lipinski definition) is 8. The molecule has 3 heterocycles. The number of rotatable bonds is 6. The van der Waals surface area contributed by atoms with Crippen LogP contribution in [0.1, 0.15) is 26.5 Å². The monoisotopic (exact) mass is 447 g/mol. The van der Waals surface area contributed by atoms with Gasteiger partial charge in [0.2, 0.25) is 0 Å². The van der Waals surface area contributed by atoms with Gasteiger partial charge in [-0.3, -0.25) is 4.79 Å². The smallest absolute Gasteiger partial charge is 0.327 e. The Bertz CT molecular complexity index is 1050. The van der Waals surface area contributed by atoms with Gasteiger partial charge in [0, 0.05) is 4.75 Å². The van der Waals surface area contributed by atoms with Gasteiger partial charge in [-0.1, -0.05) is 11.2 Å². The molecular formula is C21H25N3O6S. The summed E-state index contributed by atoms with van der Waals surface area (Å²) in [5.74, 6) is 0.175. The number of methoxy groups -OCH3 is 2. The molecule has 2 aromatic rings. The van der Waals surface area contributed by atoms with Crippen LogP contribution in [0.3, 0.4) is 0 Å². The summed E-state index contributed by atoms with van der Waals surface area (Å²) in [6, 6.07) is 4.48. The third kappa shape index (κ3) is 2.95. The normalized spacial score (nSPS) is 26.3. The number of amides is 1. The van der Waals surface area contributed by atoms with Gasteiger partial charge in [0.15, 0.2) is 5.76 Å². The zero-order chi connectivity index (χ0) is 22.7. The molecule has 0 spiro atoms. The maximum Gasteiger partial charge on any atom is 0.327 e. The third-order valence-electron chi connectivity index (χ3n) is 5.91. The number of aliphatic carboxylic acids is 1. The summed E-state index contributed by atoms with van der Waals surface area (Å²) in [5.41, 5.74) is 0.653. The Morgan fingerprint density at radius 2 is 1.87 bits per heavy atom. The van der Waals surface area contributed by atoms with E-state index in [-0.39, 0.29) is 11.3 Å². The van der Waals surface area contributed by atoms with Crippen molar-refractivity contribution in [1.29, 1.82) is 0 Å². The minimum Gasteiger partial charge on any atom is -0.496 e. The quantitative estimate of drug-likeness (QED) is 0.645. The molecule has 2 fully saturated rings. The number of aromatic nitrogens is 1. The van der Waals surface area contributed by atoms with E-state index >= 15 is 0 Å². The molecule has 2 aliphatic heterocycles. The first kappa shape index (κ1) is 21.4. The average Bonchev–Trinajstić information content (AvgIpc) is 3.22. The standard InChI is InChI=1S/C21H25N3O6S/c1-10-14(15(30-23-10)13-11(28-5)8-7-9-12(13)29-6)22-21(4)18(27)24-16(17(25)26)20(2,3)31-19(21)24/h7-9,16,19,22H,1-6H3,(H,25,26)/t16-,19+,21-/m0/s1. The molecule has 1 aromatic carbocycles. The van der Waals surface area contributed by atoms with E-state index in [0.717, 1.165) is 0 Å². The Morgan fingerprint density at radius 3 is 2.42 bits per heavy atom. The number of fused-ring (bicyclic) bond motifs is 1. The van der Waals surface area contributed by atoms with E-state index in [1.165, 1.54) is 16.7 Å². The van der Waals surface area contributed by atoms with Gasteiger partial charge in [0.1, 0.15) is 45.4 Å². The molecule has 3 atom stereocenters. The lowest BCUT2D eigenvalue weighted by Crippen LogP contribution is -2.75. The van der Waals surface area contributed by atoms with Crippen LogP contribution >= 0.6 is 11.8 Å². The number of carbonyl (C=O) groups excluding carboxylic acids is 1. The second-order valence-corrected chi connectivity index (χ2v) is 10.1. The molecule has 31 heavy (non-hydrogen) atoms. The highest BCUT2D eigenvalue weighted by molar-refractivity contribution is 8.01. The van der Waals surface area contributed by atoms with Gasteiger partial charge in [-0.15, -0.1) is 11.8 Å². The van der Waals surface area contributed by atoms with Crippen molar-refractivity contribution >= 4 is 29.3 Å². The molecule has 10 heteroatoms. The van der Waals surface area contributed by atoms with Crippen molar-refractivity contribution in [2.24, 2.45) is 0 Å². The number of carboxylic acids is 1. The molecule has 0 radical (unpaired) electrons. The second kappa shape index (κ2) is 7.08. The van der Waals surface area contributed by atoms with Crippen molar-refractivity contribution in [3.63, 3.8) is 0 Å². The highest BCUT2D eigenvalue weighted by atomic mass is 32.2. The number of ether oxygens (including phenoxy) is 2. The van der Waals surface area contributed by atoms with E-state index in [1.54, 1.807) is 46.3 Å². The molecule has 166 valence electrons. The lowest BCUT2D eigenvalue weighted by Gasteiger charge is -2.51. The van der Waals surface area contributed by atoms with Gasteiger partial charge >= 0.3 is 5.97 Å². The second-order valence-electron chi connectivity index (χ2n) is 8.36. The van der Waals surface area contributed by atoms with E-state index in [9.17, 15) is 14.7 Å². The molecule has 2 saturated heterocycles. The summed E-state index contributed by atoms with van der Waals surface area (Å²) in [4.78, 5) is 26.5. The van der Waals surface area contributed by atoms with Crippen LogP contribution in [0, 0.1) is 6.92 Å². The minimum absolute atomic E-state index is 0.276. The number of benzene rings is 1. The molecular weight excluding hydrogens is 422 g/mol. The first-order valence-corrected chi connectivity index (χ1v) is 10.6. The molecule has 0 bridgehead atoms. The fourth-order valence-corrected chi connectivity index (χ4v) is 6.01. The number of nitrogens with zero attached hydrogens (tertiary/aromatic N) is 2. The molecule has 1 aromatic heterocycles. The Hall–Kier alpha value is -2.88. The number of hydrogen-bond donors (Lipinski definition) is 2. The number of β-lactam (4-membered cyclic amide) rings is 1. The highest BCUT2D eigenvalue weighted by Gasteiger charge is 2.69. The van der Waals surface area contributed by atoms with Crippen molar-refractivity contribution in [2.45, 2.75) is 49.4 Å². The van der Waals surface area contributed by atoms with E-state index in [0.29, 0.717) is 34.2 Å². The van der Waals surface area contributed by atoms with Crippen molar-refractivity contribution in [1.82, 2.24) is 10.1 Å². The molecule has 2 N–H and O–H groups in total. The van der Waals surface area contributed by atoms with E-state index in [1.807, 2.05) is 13.8 Å². The number of carbonyl (C=O) groups is 2. The topological polar surface area (TPSA) is 114 Å². The lowest BCUT2D eigenvalue weighted by atomic mass is 9.85. The van der Waals surface area contributed by atoms with Crippen LogP contribution in [0.2, 0.25) is 0 Å². The van der Waals surface area contributed by atoms with Crippen LogP contribution in [0.25, 0.3) is 11.3 Å². The molecule has 4 rings (SSSR count). The number of anilines is 1. The number of aryl methyl sites for hydroxylation is 1. The highest BCUT2D eigenvalue weighted by Crippen LogP contribution is 2.56. The molecule has 0 aliphatic carbocycles. The third-order valence-corrected chi connectivity index (χ3v) is 7.67. The fourth-order valence-electron chi connectivity index (χ4n) is 4.36. The van der Waals surface area contributed by atoms with Crippen LogP contribution in [0.15, 0.2) is 22.7 Å². The Kier molecular flexibility index (Phi) is 4.88. The molecule has 9 nitrogen and oxygen atoms in total. The number of carboxylic acid groups (broad SMARTS) is 1. The van der Waals surface area contributed by atoms with Gasteiger partial charge in [0.05, 0.1) is 14.2 Å². The summed E-state index contributed by atoms with van der Waals surface area (Å²) in [6.45, 7) is 7.24. The van der Waals surface area contributed by atoms with Gasteiger partial charge in [0.25, 0.3) is 5.91 Å². The van der Waals surface area contributed by atoms with Gasteiger partial charge in [-0.2, -0.15) is 0 Å². The first-order chi connectivity index (χ1) is 14.6. The maximum atomic E-state index is 13.2. The van der Waals surface area contributed by atoms with Crippen LogP contribution in [0.4, 0.5) is 5.69 Å². The minimum atomic E-state index is -1.02. The van der Waals surface area contributed by atoms with Crippen LogP contribution < -0.4 is 14.8 Å². The van der Waals surface area contributed by atoms with Gasteiger partial charge in [-0.25, -0.2) is 4.79 Å². The Labute approximate surface area is 184 Å². The number of thioether (sulfide) groups is 1. The fraction of sp³-hybridized carbons (Fsp3) is 0.476. The van der Waals surface area contributed by atoms with E-state index < -0.39 is 22.3 Å². The molecule has 0 saturated carbocycles. The van der Waals surface area contributed by atoms with E-state index in [2.05, 4.69) is 10.5 Å². The van der Waals surface area contributed by atoms with Crippen molar-refractivity contribution in [3.8, 4) is 22.8 Å². The largest absolute Gasteiger partial charge is 0.496 e. The maximum absolute atomic E-state index is 13.2.